The first-order valence-corrected chi connectivity index (χ1v) is 13.5. The molecule has 2 aromatic carbocycles. The molecule has 3 aromatic rings. The van der Waals surface area contributed by atoms with Crippen LogP contribution in [0.25, 0.3) is 0 Å². The Balaban J connectivity index is 1.41. The molecule has 1 saturated heterocycles. The molecule has 0 saturated carbocycles. The lowest BCUT2D eigenvalue weighted by atomic mass is 10.1. The normalized spacial score (nSPS) is 14.3. The predicted octanol–water partition coefficient (Wildman–Crippen LogP) is 2.83. The molecule has 0 atom stereocenters. The number of nitro groups is 2. The molecule has 1 aromatic heterocycles. The number of hydrogen-bond acceptors (Lipinski definition) is 11. The van der Waals surface area contributed by atoms with E-state index in [0.717, 1.165) is 23.8 Å². The van der Waals surface area contributed by atoms with E-state index in [1.54, 1.807) is 30.3 Å². The van der Waals surface area contributed by atoms with Gasteiger partial charge in [-0.1, -0.05) is 6.07 Å². The topological polar surface area (TPSA) is 171 Å². The van der Waals surface area contributed by atoms with E-state index < -0.39 is 33.0 Å². The van der Waals surface area contributed by atoms with Gasteiger partial charge in [0.25, 0.3) is 17.3 Å². The maximum Gasteiger partial charge on any atom is 0.277 e. The van der Waals surface area contributed by atoms with Crippen molar-refractivity contribution >= 4 is 23.2 Å². The van der Waals surface area contributed by atoms with Crippen LogP contribution in [0.1, 0.15) is 21.7 Å². The van der Waals surface area contributed by atoms with Gasteiger partial charge in [0.2, 0.25) is 12.7 Å². The Kier molecular flexibility index (Phi) is 9.12. The van der Waals surface area contributed by atoms with Gasteiger partial charge >= 0.3 is 0 Å². The fourth-order valence-corrected chi connectivity index (χ4v) is 4.80. The summed E-state index contributed by atoms with van der Waals surface area (Å²) in [7, 11) is 0. The average Bonchev–Trinajstić information content (AvgIpc) is 3.70. The number of fused-ring (bicyclic) bond motifs is 1. The Bertz CT molecular complexity index is 1460. The van der Waals surface area contributed by atoms with Crippen molar-refractivity contribution in [3.8, 4) is 11.5 Å². The molecule has 0 spiro atoms. The number of nitrogens with zero attached hydrogens (tertiary/aromatic N) is 5. The fraction of sp³-hybridized carbons (Fsp3) is 0.357. The highest BCUT2D eigenvalue weighted by Gasteiger charge is 2.28. The Morgan fingerprint density at radius 2 is 1.60 bits per heavy atom. The smallest absolute Gasteiger partial charge is 0.277 e. The number of rotatable bonds is 12. The predicted molar refractivity (Wildman–Crippen MR) is 148 cm³/mol. The maximum absolute atomic E-state index is 13.8. The van der Waals surface area contributed by atoms with Gasteiger partial charge < -0.3 is 28.4 Å². The largest absolute Gasteiger partial charge is 0.467 e. The molecule has 2 aliphatic rings. The average molecular weight is 596 g/mol. The van der Waals surface area contributed by atoms with E-state index in [0.29, 0.717) is 50.1 Å². The van der Waals surface area contributed by atoms with Crippen LogP contribution in [-0.4, -0.2) is 89.1 Å². The van der Waals surface area contributed by atoms with E-state index >= 15 is 0 Å². The summed E-state index contributed by atoms with van der Waals surface area (Å²) in [5, 5.41) is 22.9. The Morgan fingerprint density at radius 1 is 0.884 bits per heavy atom. The van der Waals surface area contributed by atoms with Crippen LogP contribution in [0.3, 0.4) is 0 Å². The van der Waals surface area contributed by atoms with Gasteiger partial charge in [0, 0.05) is 44.9 Å². The highest BCUT2D eigenvalue weighted by atomic mass is 16.7. The summed E-state index contributed by atoms with van der Waals surface area (Å²) in [6.07, 6.45) is 1.49. The van der Waals surface area contributed by atoms with Gasteiger partial charge in [-0.3, -0.25) is 34.7 Å². The maximum atomic E-state index is 13.8. The van der Waals surface area contributed by atoms with Crippen LogP contribution in [0.15, 0.2) is 59.2 Å². The molecule has 1 fully saturated rings. The van der Waals surface area contributed by atoms with Crippen molar-refractivity contribution in [1.82, 2.24) is 14.7 Å². The molecule has 0 aliphatic carbocycles. The van der Waals surface area contributed by atoms with Crippen molar-refractivity contribution in [2.24, 2.45) is 0 Å². The van der Waals surface area contributed by atoms with Crippen LogP contribution >= 0.6 is 0 Å². The summed E-state index contributed by atoms with van der Waals surface area (Å²) in [6, 6.07) is 11.5. The minimum Gasteiger partial charge on any atom is -0.467 e. The van der Waals surface area contributed by atoms with Gasteiger partial charge in [0.1, 0.15) is 12.3 Å². The molecule has 15 heteroatoms. The number of morpholine rings is 1. The van der Waals surface area contributed by atoms with Crippen molar-refractivity contribution in [3.05, 3.63) is 91.9 Å². The molecule has 2 amide bonds. The van der Waals surface area contributed by atoms with Gasteiger partial charge in [0.15, 0.2) is 11.5 Å². The van der Waals surface area contributed by atoms with Crippen molar-refractivity contribution in [2.45, 2.75) is 13.1 Å². The second-order valence-electron chi connectivity index (χ2n) is 9.95. The molecular weight excluding hydrogens is 566 g/mol. The third-order valence-electron chi connectivity index (χ3n) is 7.06. The number of amides is 2. The van der Waals surface area contributed by atoms with E-state index in [-0.39, 0.29) is 38.5 Å². The first kappa shape index (κ1) is 29.5. The number of carbonyl (C=O) groups excluding carboxylic acids is 2. The number of hydrogen-bond donors (Lipinski definition) is 0. The van der Waals surface area contributed by atoms with Crippen LogP contribution < -0.4 is 9.47 Å². The minimum atomic E-state index is -0.802. The van der Waals surface area contributed by atoms with Crippen molar-refractivity contribution < 1.29 is 38.1 Å². The third-order valence-corrected chi connectivity index (χ3v) is 7.06. The molecule has 3 heterocycles. The first-order chi connectivity index (χ1) is 20.8. The first-order valence-electron chi connectivity index (χ1n) is 13.5. The number of benzene rings is 2. The summed E-state index contributed by atoms with van der Waals surface area (Å²) in [5.74, 6) is 0.504. The summed E-state index contributed by atoms with van der Waals surface area (Å²) < 4.78 is 21.7. The zero-order valence-electron chi connectivity index (χ0n) is 23.1. The van der Waals surface area contributed by atoms with E-state index in [9.17, 15) is 29.8 Å². The summed E-state index contributed by atoms with van der Waals surface area (Å²) in [6.45, 7) is 2.79. The van der Waals surface area contributed by atoms with Crippen LogP contribution in [0.5, 0.6) is 11.5 Å². The van der Waals surface area contributed by atoms with E-state index in [2.05, 4.69) is 4.90 Å². The molecule has 5 rings (SSSR count). The zero-order valence-corrected chi connectivity index (χ0v) is 23.1. The van der Waals surface area contributed by atoms with E-state index in [1.807, 2.05) is 0 Å². The number of carbonyl (C=O) groups is 2. The lowest BCUT2D eigenvalue weighted by molar-refractivity contribution is -0.394. The molecule has 2 aliphatic heterocycles. The number of nitro benzene ring substituents is 2. The van der Waals surface area contributed by atoms with Crippen molar-refractivity contribution in [1.29, 1.82) is 0 Å². The van der Waals surface area contributed by atoms with Crippen LogP contribution in [0.2, 0.25) is 0 Å². The van der Waals surface area contributed by atoms with Gasteiger partial charge in [0.05, 0.1) is 47.5 Å². The summed E-state index contributed by atoms with van der Waals surface area (Å²) in [5.41, 5.74) is -0.702. The highest BCUT2D eigenvalue weighted by molar-refractivity contribution is 5.97. The summed E-state index contributed by atoms with van der Waals surface area (Å²) >= 11 is 0. The SMILES string of the molecule is O=C(CN(CCN1CCOCC1)C(=O)c1cc([N+](=O)[O-])cc([N+](=O)[O-])c1)N(Cc1ccc2c(c1)OCO2)Cc1ccco1. The molecular formula is C28H29N5O10. The highest BCUT2D eigenvalue weighted by Crippen LogP contribution is 2.33. The molecule has 43 heavy (non-hydrogen) atoms. The molecule has 0 unspecified atom stereocenters. The Labute approximate surface area is 245 Å². The van der Waals surface area contributed by atoms with Gasteiger partial charge in [-0.05, 0) is 29.8 Å². The fourth-order valence-electron chi connectivity index (χ4n) is 4.80. The Hall–Kier alpha value is -5.02. The zero-order chi connectivity index (χ0) is 30.3. The van der Waals surface area contributed by atoms with Crippen molar-refractivity contribution in [3.63, 3.8) is 0 Å². The van der Waals surface area contributed by atoms with E-state index in [1.165, 1.54) is 16.1 Å². The second kappa shape index (κ2) is 13.3. The lowest BCUT2D eigenvalue weighted by Gasteiger charge is -2.31. The summed E-state index contributed by atoms with van der Waals surface area (Å²) in [4.78, 5) is 53.8. The van der Waals surface area contributed by atoms with Crippen LogP contribution in [-0.2, 0) is 22.6 Å². The minimum absolute atomic E-state index is 0.0969. The molecule has 15 nitrogen and oxygen atoms in total. The standard InChI is InChI=1S/C28H29N5O10/c34-27(31(17-24-2-1-9-41-24)16-20-3-4-25-26(12-20)43-19-42-25)18-30(6-5-29-7-10-40-11-8-29)28(35)21-13-22(32(36)37)15-23(14-21)33(38)39/h1-4,9,12-15H,5-8,10-11,16-19H2. The monoisotopic (exact) mass is 595 g/mol. The Morgan fingerprint density at radius 3 is 2.28 bits per heavy atom. The van der Waals surface area contributed by atoms with Crippen LogP contribution in [0, 0.1) is 20.2 Å². The third kappa shape index (κ3) is 7.44. The van der Waals surface area contributed by atoms with Gasteiger partial charge in [-0.25, -0.2) is 0 Å². The van der Waals surface area contributed by atoms with E-state index in [4.69, 9.17) is 18.6 Å². The molecule has 0 bridgehead atoms. The lowest BCUT2D eigenvalue weighted by Crippen LogP contribution is -2.47. The van der Waals surface area contributed by atoms with Gasteiger partial charge in [-0.2, -0.15) is 0 Å². The quantitative estimate of drug-likeness (QED) is 0.223. The molecule has 0 radical (unpaired) electrons. The number of ether oxygens (including phenoxy) is 3. The second-order valence-corrected chi connectivity index (χ2v) is 9.95. The number of furan rings is 1. The van der Waals surface area contributed by atoms with Crippen LogP contribution in [0.4, 0.5) is 11.4 Å². The van der Waals surface area contributed by atoms with Gasteiger partial charge in [-0.15, -0.1) is 0 Å². The van der Waals surface area contributed by atoms with Crippen molar-refractivity contribution in [2.75, 3.05) is 52.7 Å². The molecule has 226 valence electrons. The molecule has 0 N–H and O–H groups in total. The number of non-ortho nitro benzene ring substituents is 2.